The van der Waals surface area contributed by atoms with Gasteiger partial charge in [-0.15, -0.1) is 0 Å². The summed E-state index contributed by atoms with van der Waals surface area (Å²) < 4.78 is 10.9. The molecule has 4 rings (SSSR count). The second-order valence-corrected chi connectivity index (χ2v) is 7.04. The first-order chi connectivity index (χ1) is 13.1. The van der Waals surface area contributed by atoms with E-state index >= 15 is 0 Å². The minimum absolute atomic E-state index is 0.0601. The van der Waals surface area contributed by atoms with E-state index in [9.17, 15) is 4.79 Å². The Hall–Kier alpha value is -2.89. The van der Waals surface area contributed by atoms with Crippen molar-refractivity contribution >= 4 is 5.91 Å². The molecule has 27 heavy (non-hydrogen) atoms. The fourth-order valence-electron chi connectivity index (χ4n) is 3.75. The minimum Gasteiger partial charge on any atom is -0.466 e. The van der Waals surface area contributed by atoms with Crippen LogP contribution in [0.5, 0.6) is 0 Å². The lowest BCUT2D eigenvalue weighted by molar-refractivity contribution is 0.0728. The van der Waals surface area contributed by atoms with E-state index in [1.165, 1.54) is 0 Å². The van der Waals surface area contributed by atoms with Crippen LogP contribution < -0.4 is 0 Å². The zero-order valence-corrected chi connectivity index (χ0v) is 15.6. The molecule has 140 valence electrons. The molecular formula is C21H23N3O3. The number of furan rings is 1. The Morgan fingerprint density at radius 2 is 2.07 bits per heavy atom. The lowest BCUT2D eigenvalue weighted by atomic mass is 10.1. The fraction of sp³-hybridized carbons (Fsp3) is 0.381. The summed E-state index contributed by atoms with van der Waals surface area (Å²) in [5.41, 5.74) is 1.59. The van der Waals surface area contributed by atoms with Gasteiger partial charge in [0.05, 0.1) is 5.56 Å². The van der Waals surface area contributed by atoms with Crippen LogP contribution in [-0.2, 0) is 6.42 Å². The van der Waals surface area contributed by atoms with Crippen LogP contribution in [0.25, 0.3) is 11.5 Å². The van der Waals surface area contributed by atoms with Gasteiger partial charge in [0.2, 0.25) is 0 Å². The quantitative estimate of drug-likeness (QED) is 0.678. The summed E-state index contributed by atoms with van der Waals surface area (Å²) in [7, 11) is 0. The van der Waals surface area contributed by atoms with Gasteiger partial charge in [-0.05, 0) is 51.3 Å². The van der Waals surface area contributed by atoms with Crippen molar-refractivity contribution in [2.75, 3.05) is 6.54 Å². The molecule has 1 atom stereocenters. The smallest absolute Gasteiger partial charge is 0.257 e. The van der Waals surface area contributed by atoms with Crippen molar-refractivity contribution in [1.29, 1.82) is 0 Å². The lowest BCUT2D eigenvalue weighted by Gasteiger charge is -2.24. The summed E-state index contributed by atoms with van der Waals surface area (Å²) in [4.78, 5) is 19.4. The number of benzene rings is 1. The number of carbonyl (C=O) groups is 1. The van der Waals surface area contributed by atoms with Crippen molar-refractivity contribution < 1.29 is 13.7 Å². The fourth-order valence-corrected chi connectivity index (χ4v) is 3.75. The van der Waals surface area contributed by atoms with Gasteiger partial charge < -0.3 is 13.8 Å². The molecule has 0 spiro atoms. The number of aromatic nitrogens is 2. The van der Waals surface area contributed by atoms with Crippen molar-refractivity contribution in [3.05, 3.63) is 59.3 Å². The van der Waals surface area contributed by atoms with Gasteiger partial charge in [0.25, 0.3) is 11.8 Å². The molecule has 1 unspecified atom stereocenters. The Kier molecular flexibility index (Phi) is 4.79. The summed E-state index contributed by atoms with van der Waals surface area (Å²) in [5, 5.41) is 4.09. The van der Waals surface area contributed by atoms with E-state index in [4.69, 9.17) is 8.94 Å². The molecule has 1 aromatic carbocycles. The van der Waals surface area contributed by atoms with Crippen molar-refractivity contribution in [2.24, 2.45) is 0 Å². The largest absolute Gasteiger partial charge is 0.466 e. The predicted molar refractivity (Wildman–Crippen MR) is 100 cm³/mol. The first-order valence-corrected chi connectivity index (χ1v) is 9.38. The number of hydrogen-bond donors (Lipinski definition) is 0. The van der Waals surface area contributed by atoms with Crippen molar-refractivity contribution in [3.63, 3.8) is 0 Å². The first kappa shape index (κ1) is 17.5. The molecule has 6 heteroatoms. The van der Waals surface area contributed by atoms with E-state index in [1.54, 1.807) is 0 Å². The molecule has 1 saturated heterocycles. The number of amides is 1. The molecule has 1 fully saturated rings. The molecule has 1 aliphatic heterocycles. The van der Waals surface area contributed by atoms with Crippen LogP contribution in [0.1, 0.15) is 47.0 Å². The van der Waals surface area contributed by atoms with Crippen LogP contribution in [0.15, 0.2) is 45.3 Å². The van der Waals surface area contributed by atoms with Crippen LogP contribution >= 0.6 is 0 Å². The molecule has 0 aliphatic carbocycles. The summed E-state index contributed by atoms with van der Waals surface area (Å²) in [5.74, 6) is 2.74. The Morgan fingerprint density at radius 3 is 2.81 bits per heavy atom. The van der Waals surface area contributed by atoms with Crippen LogP contribution in [0.3, 0.4) is 0 Å². The Bertz CT molecular complexity index is 929. The average Bonchev–Trinajstić information content (AvgIpc) is 3.40. The second kappa shape index (κ2) is 7.39. The molecule has 1 amide bonds. The SMILES string of the molecule is Cc1cc(C(=O)N2CCCC2CCc2noc(-c3ccccc3)n2)c(C)o1. The average molecular weight is 365 g/mol. The van der Waals surface area contributed by atoms with Gasteiger partial charge in [-0.25, -0.2) is 0 Å². The molecular weight excluding hydrogens is 342 g/mol. The van der Waals surface area contributed by atoms with Gasteiger partial charge in [0.1, 0.15) is 11.5 Å². The summed E-state index contributed by atoms with van der Waals surface area (Å²) in [6.07, 6.45) is 3.54. The van der Waals surface area contributed by atoms with Gasteiger partial charge in [-0.3, -0.25) is 4.79 Å². The summed E-state index contributed by atoms with van der Waals surface area (Å²) in [6, 6.07) is 11.8. The first-order valence-electron chi connectivity index (χ1n) is 9.38. The molecule has 0 N–H and O–H groups in total. The van der Waals surface area contributed by atoms with E-state index in [-0.39, 0.29) is 11.9 Å². The van der Waals surface area contributed by atoms with Crippen molar-refractivity contribution in [1.82, 2.24) is 15.0 Å². The third kappa shape index (κ3) is 3.65. The number of aryl methyl sites for hydroxylation is 3. The number of hydrogen-bond acceptors (Lipinski definition) is 5. The Balaban J connectivity index is 1.41. The molecule has 0 saturated carbocycles. The van der Waals surface area contributed by atoms with E-state index in [0.29, 0.717) is 29.5 Å². The van der Waals surface area contributed by atoms with E-state index in [2.05, 4.69) is 10.1 Å². The highest BCUT2D eigenvalue weighted by molar-refractivity contribution is 5.95. The second-order valence-electron chi connectivity index (χ2n) is 7.04. The number of rotatable bonds is 5. The lowest BCUT2D eigenvalue weighted by Crippen LogP contribution is -2.36. The molecule has 3 aromatic rings. The van der Waals surface area contributed by atoms with Crippen molar-refractivity contribution in [3.8, 4) is 11.5 Å². The number of likely N-dealkylation sites (tertiary alicyclic amines) is 1. The molecule has 6 nitrogen and oxygen atoms in total. The van der Waals surface area contributed by atoms with Crippen molar-refractivity contribution in [2.45, 2.75) is 45.6 Å². The molecule has 2 aromatic heterocycles. The highest BCUT2D eigenvalue weighted by atomic mass is 16.5. The molecule has 3 heterocycles. The third-order valence-electron chi connectivity index (χ3n) is 5.10. The van der Waals surface area contributed by atoms with E-state index in [1.807, 2.05) is 55.1 Å². The maximum atomic E-state index is 12.9. The normalized spacial score (nSPS) is 16.8. The van der Waals surface area contributed by atoms with Crippen LogP contribution in [0, 0.1) is 13.8 Å². The molecule has 1 aliphatic rings. The van der Waals surface area contributed by atoms with E-state index < -0.39 is 0 Å². The monoisotopic (exact) mass is 365 g/mol. The number of carbonyl (C=O) groups excluding carboxylic acids is 1. The standard InChI is InChI=1S/C21H23N3O3/c1-14-13-18(15(2)26-14)21(25)24-12-6-9-17(24)10-11-19-22-20(27-23-19)16-7-4-3-5-8-16/h3-5,7-8,13,17H,6,9-12H2,1-2H3. The zero-order chi connectivity index (χ0) is 18.8. The minimum atomic E-state index is 0.0601. The van der Waals surface area contributed by atoms with Gasteiger partial charge >= 0.3 is 0 Å². The van der Waals surface area contributed by atoms with Gasteiger partial charge in [0, 0.05) is 24.6 Å². The highest BCUT2D eigenvalue weighted by Gasteiger charge is 2.31. The van der Waals surface area contributed by atoms with Crippen LogP contribution in [0.2, 0.25) is 0 Å². The highest BCUT2D eigenvalue weighted by Crippen LogP contribution is 2.26. The predicted octanol–water partition coefficient (Wildman–Crippen LogP) is 4.18. The third-order valence-corrected chi connectivity index (χ3v) is 5.10. The zero-order valence-electron chi connectivity index (χ0n) is 15.6. The van der Waals surface area contributed by atoms with Crippen LogP contribution in [0.4, 0.5) is 0 Å². The number of nitrogens with zero attached hydrogens (tertiary/aromatic N) is 3. The van der Waals surface area contributed by atoms with Gasteiger partial charge in [0.15, 0.2) is 5.82 Å². The van der Waals surface area contributed by atoms with Gasteiger partial charge in [-0.2, -0.15) is 4.98 Å². The topological polar surface area (TPSA) is 72.4 Å². The van der Waals surface area contributed by atoms with E-state index in [0.717, 1.165) is 37.1 Å². The summed E-state index contributed by atoms with van der Waals surface area (Å²) in [6.45, 7) is 4.50. The maximum absolute atomic E-state index is 12.9. The van der Waals surface area contributed by atoms with Crippen LogP contribution in [-0.4, -0.2) is 33.5 Å². The maximum Gasteiger partial charge on any atom is 0.257 e. The summed E-state index contributed by atoms with van der Waals surface area (Å²) >= 11 is 0. The molecule has 0 bridgehead atoms. The Labute approximate surface area is 158 Å². The Morgan fingerprint density at radius 1 is 1.26 bits per heavy atom. The molecule has 0 radical (unpaired) electrons. The van der Waals surface area contributed by atoms with Gasteiger partial charge in [-0.1, -0.05) is 23.4 Å².